The van der Waals surface area contributed by atoms with E-state index >= 15 is 0 Å². The van der Waals surface area contributed by atoms with E-state index in [0.29, 0.717) is 46.6 Å². The predicted octanol–water partition coefficient (Wildman–Crippen LogP) is 3.68. The first-order chi connectivity index (χ1) is 19.8. The van der Waals surface area contributed by atoms with Crippen LogP contribution >= 0.6 is 0 Å². The number of hydrogen-bond acceptors (Lipinski definition) is 9. The number of nitrogens with two attached hydrogens (primary N) is 1. The number of nitriles is 1. The number of benzene rings is 2. The van der Waals surface area contributed by atoms with Crippen LogP contribution in [0.1, 0.15) is 28.0 Å². The number of aliphatic hydroxyl groups excluding tert-OH is 1. The summed E-state index contributed by atoms with van der Waals surface area (Å²) in [4.78, 5) is 28.1. The first-order valence-electron chi connectivity index (χ1n) is 12.9. The van der Waals surface area contributed by atoms with Crippen LogP contribution in [-0.4, -0.2) is 58.3 Å². The summed E-state index contributed by atoms with van der Waals surface area (Å²) in [6.45, 7) is 2.08. The molecular formula is C30H28FN7O3. The fourth-order valence-electron chi connectivity index (χ4n) is 5.07. The summed E-state index contributed by atoms with van der Waals surface area (Å²) < 4.78 is 20.2. The standard InChI is InChI=1S/C30H28FN7O3/c1-17-9-23(31)28(27(10-17)41-2)29-35-8-6-25(36-29)30(40)37-24-4-3-18(22-14-34-7-5-19(22)13-32)11-26(24)38-15-20(33)12-21(38)16-39/h3-11,14,20-21,39H,12,15-16,33H2,1-2H3,(H,37,40). The smallest absolute Gasteiger partial charge is 0.274 e. The maximum absolute atomic E-state index is 14.9. The third-order valence-corrected chi connectivity index (χ3v) is 7.00. The van der Waals surface area contributed by atoms with Crippen LogP contribution in [0.5, 0.6) is 5.75 Å². The third-order valence-electron chi connectivity index (χ3n) is 7.00. The number of carbonyl (C=O) groups is 1. The van der Waals surface area contributed by atoms with E-state index in [-0.39, 0.29) is 41.5 Å². The Kier molecular flexibility index (Phi) is 7.87. The number of halogens is 1. The molecule has 0 radical (unpaired) electrons. The molecule has 208 valence electrons. The zero-order valence-electron chi connectivity index (χ0n) is 22.5. The van der Waals surface area contributed by atoms with Gasteiger partial charge in [0.2, 0.25) is 0 Å². The van der Waals surface area contributed by atoms with E-state index in [4.69, 9.17) is 10.5 Å². The molecular weight excluding hydrogens is 525 g/mol. The van der Waals surface area contributed by atoms with Crippen LogP contribution in [0.15, 0.2) is 61.1 Å². The van der Waals surface area contributed by atoms with E-state index in [1.54, 1.807) is 43.6 Å². The average molecular weight is 554 g/mol. The lowest BCUT2D eigenvalue weighted by Gasteiger charge is -2.28. The number of hydrogen-bond donors (Lipinski definition) is 3. The Hall–Kier alpha value is -4.92. The number of methoxy groups -OCH3 is 1. The Labute approximate surface area is 236 Å². The second kappa shape index (κ2) is 11.7. The van der Waals surface area contributed by atoms with Gasteiger partial charge in [0.25, 0.3) is 5.91 Å². The number of ether oxygens (including phenoxy) is 1. The van der Waals surface area contributed by atoms with Crippen molar-refractivity contribution in [3.05, 3.63) is 83.7 Å². The summed E-state index contributed by atoms with van der Waals surface area (Å²) in [6, 6.07) is 13.2. The van der Waals surface area contributed by atoms with E-state index in [2.05, 4.69) is 26.3 Å². The fraction of sp³-hybridized carbons (Fsp3) is 0.233. The van der Waals surface area contributed by atoms with Crippen molar-refractivity contribution in [2.75, 3.05) is 30.5 Å². The van der Waals surface area contributed by atoms with Gasteiger partial charge in [-0.2, -0.15) is 5.26 Å². The minimum atomic E-state index is -0.565. The molecule has 0 aliphatic carbocycles. The largest absolute Gasteiger partial charge is 0.496 e. The summed E-state index contributed by atoms with van der Waals surface area (Å²) >= 11 is 0. The van der Waals surface area contributed by atoms with Gasteiger partial charge < -0.3 is 25.8 Å². The van der Waals surface area contributed by atoms with Crippen LogP contribution in [0.25, 0.3) is 22.5 Å². The Morgan fingerprint density at radius 3 is 2.85 bits per heavy atom. The van der Waals surface area contributed by atoms with Gasteiger partial charge in [0.15, 0.2) is 5.82 Å². The molecule has 4 N–H and O–H groups in total. The molecule has 1 fully saturated rings. The zero-order chi connectivity index (χ0) is 29.1. The fourth-order valence-corrected chi connectivity index (χ4v) is 5.07. The lowest BCUT2D eigenvalue weighted by Crippen LogP contribution is -2.33. The van der Waals surface area contributed by atoms with E-state index in [0.717, 1.165) is 0 Å². The first kappa shape index (κ1) is 27.6. The highest BCUT2D eigenvalue weighted by Crippen LogP contribution is 2.37. The molecule has 0 bridgehead atoms. The number of amides is 1. The molecule has 3 heterocycles. The number of anilines is 2. The van der Waals surface area contributed by atoms with Crippen LogP contribution in [0.4, 0.5) is 15.8 Å². The van der Waals surface area contributed by atoms with E-state index in [1.807, 2.05) is 11.0 Å². The van der Waals surface area contributed by atoms with Gasteiger partial charge in [-0.05, 0) is 60.9 Å². The van der Waals surface area contributed by atoms with Gasteiger partial charge in [0.05, 0.1) is 48.3 Å². The average Bonchev–Trinajstić information content (AvgIpc) is 3.37. The van der Waals surface area contributed by atoms with Crippen molar-refractivity contribution < 1.29 is 19.0 Å². The second-order valence-electron chi connectivity index (χ2n) is 9.79. The van der Waals surface area contributed by atoms with Crippen molar-refractivity contribution in [1.29, 1.82) is 5.26 Å². The van der Waals surface area contributed by atoms with Gasteiger partial charge >= 0.3 is 0 Å². The van der Waals surface area contributed by atoms with Gasteiger partial charge in [-0.3, -0.25) is 9.78 Å². The third kappa shape index (κ3) is 5.56. The monoisotopic (exact) mass is 553 g/mol. The highest BCUT2D eigenvalue weighted by Gasteiger charge is 2.32. The molecule has 0 spiro atoms. The molecule has 1 aliphatic heterocycles. The Morgan fingerprint density at radius 2 is 2.10 bits per heavy atom. The van der Waals surface area contributed by atoms with Crippen LogP contribution < -0.4 is 20.7 Å². The molecule has 10 nitrogen and oxygen atoms in total. The first-order valence-corrected chi connectivity index (χ1v) is 12.9. The quantitative estimate of drug-likeness (QED) is 0.311. The van der Waals surface area contributed by atoms with E-state index < -0.39 is 11.7 Å². The number of aromatic nitrogens is 3. The van der Waals surface area contributed by atoms with Gasteiger partial charge in [-0.25, -0.2) is 14.4 Å². The Bertz CT molecular complexity index is 1660. The summed E-state index contributed by atoms with van der Waals surface area (Å²) in [5.41, 5.74) is 9.84. The normalized spacial score (nSPS) is 16.3. The maximum atomic E-state index is 14.9. The maximum Gasteiger partial charge on any atom is 0.274 e. The molecule has 11 heteroatoms. The van der Waals surface area contributed by atoms with Crippen molar-refractivity contribution in [3.8, 4) is 34.3 Å². The number of nitrogens with zero attached hydrogens (tertiary/aromatic N) is 5. The van der Waals surface area contributed by atoms with Gasteiger partial charge in [-0.15, -0.1) is 0 Å². The van der Waals surface area contributed by atoms with Crippen molar-refractivity contribution in [2.24, 2.45) is 5.73 Å². The molecule has 2 unspecified atom stereocenters. The van der Waals surface area contributed by atoms with Crippen molar-refractivity contribution in [3.63, 3.8) is 0 Å². The van der Waals surface area contributed by atoms with Gasteiger partial charge in [0, 0.05) is 36.7 Å². The summed E-state index contributed by atoms with van der Waals surface area (Å²) in [5, 5.41) is 22.6. The van der Waals surface area contributed by atoms with E-state index in [9.17, 15) is 19.6 Å². The van der Waals surface area contributed by atoms with E-state index in [1.165, 1.54) is 25.4 Å². The molecule has 1 amide bonds. The molecule has 2 atom stereocenters. The number of rotatable bonds is 7. The number of nitrogens with one attached hydrogen (secondary N) is 1. The van der Waals surface area contributed by atoms with Crippen molar-refractivity contribution >= 4 is 17.3 Å². The second-order valence-corrected chi connectivity index (χ2v) is 9.79. The van der Waals surface area contributed by atoms with Crippen molar-refractivity contribution in [1.82, 2.24) is 15.0 Å². The lowest BCUT2D eigenvalue weighted by atomic mass is 10.0. The Balaban J connectivity index is 1.53. The topological polar surface area (TPSA) is 150 Å². The highest BCUT2D eigenvalue weighted by atomic mass is 19.1. The summed E-state index contributed by atoms with van der Waals surface area (Å²) in [7, 11) is 1.43. The van der Waals surface area contributed by atoms with Crippen molar-refractivity contribution in [2.45, 2.75) is 25.4 Å². The Morgan fingerprint density at radius 1 is 1.27 bits per heavy atom. The highest BCUT2D eigenvalue weighted by molar-refractivity contribution is 6.05. The molecule has 5 rings (SSSR count). The minimum Gasteiger partial charge on any atom is -0.496 e. The van der Waals surface area contributed by atoms with Crippen LogP contribution in [0.3, 0.4) is 0 Å². The van der Waals surface area contributed by atoms with Gasteiger partial charge in [-0.1, -0.05) is 6.07 Å². The SMILES string of the molecule is COc1cc(C)cc(F)c1-c1nccc(C(=O)Nc2ccc(-c3cnccc3C#N)cc2N2CC(N)CC2CO)n1. The molecule has 0 saturated carbocycles. The number of aryl methyl sites for hydroxylation is 1. The summed E-state index contributed by atoms with van der Waals surface area (Å²) in [6.07, 6.45) is 5.11. The van der Waals surface area contributed by atoms with Crippen LogP contribution in [0, 0.1) is 24.1 Å². The molecule has 2 aromatic heterocycles. The molecule has 1 saturated heterocycles. The molecule has 41 heavy (non-hydrogen) atoms. The number of carbonyl (C=O) groups excluding carboxylic acids is 1. The van der Waals surface area contributed by atoms with Crippen LogP contribution in [-0.2, 0) is 0 Å². The molecule has 2 aromatic carbocycles. The molecule has 1 aliphatic rings. The lowest BCUT2D eigenvalue weighted by molar-refractivity contribution is 0.102. The predicted molar refractivity (Wildman–Crippen MR) is 152 cm³/mol. The molecule has 4 aromatic rings. The zero-order valence-corrected chi connectivity index (χ0v) is 22.5. The number of aliphatic hydroxyl groups is 1. The van der Waals surface area contributed by atoms with Crippen LogP contribution in [0.2, 0.25) is 0 Å². The number of pyridine rings is 1. The summed E-state index contributed by atoms with van der Waals surface area (Å²) in [5.74, 6) is -0.846. The minimum absolute atomic E-state index is 0.00837. The van der Waals surface area contributed by atoms with Gasteiger partial charge in [0.1, 0.15) is 17.3 Å².